The van der Waals surface area contributed by atoms with E-state index in [0.29, 0.717) is 43.6 Å². The monoisotopic (exact) mass is 550 g/mol. The number of H-pyrrole nitrogens is 1. The smallest absolute Gasteiger partial charge is 0.252 e. The Morgan fingerprint density at radius 2 is 1.41 bits per heavy atom. The van der Waals surface area contributed by atoms with Gasteiger partial charge in [-0.3, -0.25) is 14.7 Å². The average molecular weight is 551 g/mol. The first-order chi connectivity index (χ1) is 18.6. The van der Waals surface area contributed by atoms with Crippen LogP contribution in [0.25, 0.3) is 0 Å². The van der Waals surface area contributed by atoms with Crippen LogP contribution in [0.3, 0.4) is 0 Å². The Bertz CT molecular complexity index is 1480. The van der Waals surface area contributed by atoms with Crippen LogP contribution in [0.1, 0.15) is 27.9 Å². The predicted molar refractivity (Wildman–Crippen MR) is 155 cm³/mol. The molecule has 0 unspecified atom stereocenters. The quantitative estimate of drug-likeness (QED) is 0.505. The minimum atomic E-state index is -3.60. The molecule has 0 radical (unpaired) electrons. The minimum Gasteiger partial charge on any atom is -0.369 e. The zero-order valence-electron chi connectivity index (χ0n) is 23.3. The largest absolute Gasteiger partial charge is 0.369 e. The fourth-order valence-electron chi connectivity index (χ4n) is 5.86. The second kappa shape index (κ2) is 11.1. The third-order valence-corrected chi connectivity index (χ3v) is 9.94. The number of sulfonamides is 1. The van der Waals surface area contributed by atoms with Crippen molar-refractivity contribution < 1.29 is 8.42 Å². The first-order valence-electron chi connectivity index (χ1n) is 13.6. The number of rotatable bonds is 6. The molecule has 2 saturated heterocycles. The summed E-state index contributed by atoms with van der Waals surface area (Å²) in [6.07, 6.45) is 0. The fraction of sp³-hybridized carbons (Fsp3) is 0.448. The van der Waals surface area contributed by atoms with Gasteiger partial charge in [-0.05, 0) is 50.5 Å². The zero-order chi connectivity index (χ0) is 27.7. The Kier molecular flexibility index (Phi) is 7.80. The van der Waals surface area contributed by atoms with E-state index in [1.165, 1.54) is 11.3 Å². The first kappa shape index (κ1) is 27.4. The molecule has 0 saturated carbocycles. The molecule has 1 aromatic heterocycles. The van der Waals surface area contributed by atoms with Gasteiger partial charge >= 0.3 is 0 Å². The molecule has 2 aromatic carbocycles. The topological polar surface area (TPSA) is 92.8 Å². The van der Waals surface area contributed by atoms with E-state index in [1.807, 2.05) is 37.8 Å². The maximum Gasteiger partial charge on any atom is 0.252 e. The third-order valence-electron chi connectivity index (χ3n) is 7.74. The van der Waals surface area contributed by atoms with Crippen molar-refractivity contribution in [3.63, 3.8) is 0 Å². The van der Waals surface area contributed by atoms with Crippen molar-refractivity contribution in [1.82, 2.24) is 19.2 Å². The summed E-state index contributed by atoms with van der Waals surface area (Å²) in [5.74, 6) is 0.510. The molecular formula is C29H38N6O3S. The van der Waals surface area contributed by atoms with Crippen molar-refractivity contribution in [2.24, 2.45) is 0 Å². The van der Waals surface area contributed by atoms with E-state index in [4.69, 9.17) is 4.98 Å². The van der Waals surface area contributed by atoms with Crippen molar-refractivity contribution in [2.75, 3.05) is 62.2 Å². The van der Waals surface area contributed by atoms with Gasteiger partial charge in [0.25, 0.3) is 5.56 Å². The van der Waals surface area contributed by atoms with Crippen LogP contribution in [0.2, 0.25) is 0 Å². The molecule has 2 aliphatic heterocycles. The number of anilines is 2. The Morgan fingerprint density at radius 1 is 0.795 bits per heavy atom. The molecule has 39 heavy (non-hydrogen) atoms. The molecule has 2 aliphatic rings. The molecule has 3 aromatic rings. The van der Waals surface area contributed by atoms with E-state index in [9.17, 15) is 13.2 Å². The number of para-hydroxylation sites is 1. The van der Waals surface area contributed by atoms with Crippen LogP contribution >= 0.6 is 0 Å². The molecule has 9 nitrogen and oxygen atoms in total. The number of hydrogen-bond acceptors (Lipinski definition) is 7. The SMILES string of the molecule is Cc1cc(C)c(S(=O)(=O)N2CCN(c3nc(CN4CCN(c5ccccc5C)CC4)cc(=O)[nH]3)CC2)c(C)c1. The Labute approximate surface area is 231 Å². The van der Waals surface area contributed by atoms with E-state index in [-0.39, 0.29) is 5.56 Å². The van der Waals surface area contributed by atoms with Crippen LogP contribution in [-0.2, 0) is 16.6 Å². The minimum absolute atomic E-state index is 0.186. The van der Waals surface area contributed by atoms with E-state index < -0.39 is 10.0 Å². The Morgan fingerprint density at radius 3 is 2.05 bits per heavy atom. The molecule has 0 aliphatic carbocycles. The molecule has 0 atom stereocenters. The lowest BCUT2D eigenvalue weighted by Crippen LogP contribution is -2.49. The molecule has 0 amide bonds. The van der Waals surface area contributed by atoms with Gasteiger partial charge in [-0.2, -0.15) is 4.31 Å². The summed E-state index contributed by atoms with van der Waals surface area (Å²) in [5.41, 5.74) is 5.71. The highest BCUT2D eigenvalue weighted by Crippen LogP contribution is 2.27. The molecular weight excluding hydrogens is 512 g/mol. The van der Waals surface area contributed by atoms with Crippen LogP contribution in [-0.4, -0.2) is 79.9 Å². The van der Waals surface area contributed by atoms with E-state index in [1.54, 1.807) is 10.4 Å². The summed E-state index contributed by atoms with van der Waals surface area (Å²) in [5, 5.41) is 0. The van der Waals surface area contributed by atoms with Crippen LogP contribution in [0.5, 0.6) is 0 Å². The predicted octanol–water partition coefficient (Wildman–Crippen LogP) is 2.84. The maximum absolute atomic E-state index is 13.5. The van der Waals surface area contributed by atoms with Crippen LogP contribution in [0.4, 0.5) is 11.6 Å². The van der Waals surface area contributed by atoms with Gasteiger partial charge in [0.05, 0.1) is 10.6 Å². The summed E-state index contributed by atoms with van der Waals surface area (Å²) < 4.78 is 28.5. The van der Waals surface area contributed by atoms with Crippen molar-refractivity contribution in [2.45, 2.75) is 39.1 Å². The Hall–Kier alpha value is -3.21. The van der Waals surface area contributed by atoms with Crippen LogP contribution in [0.15, 0.2) is 52.2 Å². The first-order valence-corrected chi connectivity index (χ1v) is 15.0. The molecule has 208 valence electrons. The molecule has 10 heteroatoms. The molecule has 0 bridgehead atoms. The van der Waals surface area contributed by atoms with Gasteiger partial charge in [0.15, 0.2) is 0 Å². The van der Waals surface area contributed by atoms with Gasteiger partial charge in [-0.15, -0.1) is 0 Å². The maximum atomic E-state index is 13.5. The molecule has 5 rings (SSSR count). The van der Waals surface area contributed by atoms with Crippen molar-refractivity contribution in [1.29, 1.82) is 0 Å². The lowest BCUT2D eigenvalue weighted by molar-refractivity contribution is 0.247. The number of nitrogens with zero attached hydrogens (tertiary/aromatic N) is 5. The third kappa shape index (κ3) is 5.88. The number of benzene rings is 2. The molecule has 2 fully saturated rings. The molecule has 1 N–H and O–H groups in total. The van der Waals surface area contributed by atoms with Crippen molar-refractivity contribution in [3.05, 3.63) is 80.8 Å². The van der Waals surface area contributed by atoms with Crippen LogP contribution in [0, 0.1) is 27.7 Å². The standard InChI is InChI=1S/C29H38N6O3S/c1-21-17-23(3)28(24(4)18-21)39(37,38)35-15-13-34(14-16-35)29-30-25(19-27(36)31-29)20-32-9-11-33(12-10-32)26-8-6-5-7-22(26)2/h5-8,17-19H,9-16,20H2,1-4H3,(H,30,31,36). The van der Waals surface area contributed by atoms with E-state index in [2.05, 4.69) is 46.0 Å². The second-order valence-electron chi connectivity index (χ2n) is 10.7. The number of piperazine rings is 2. The normalized spacial score (nSPS) is 17.5. The van der Waals surface area contributed by atoms with Crippen molar-refractivity contribution >= 4 is 21.7 Å². The average Bonchev–Trinajstić information content (AvgIpc) is 2.88. The second-order valence-corrected chi connectivity index (χ2v) is 12.6. The van der Waals surface area contributed by atoms with Gasteiger partial charge in [-0.1, -0.05) is 35.9 Å². The lowest BCUT2D eigenvalue weighted by Gasteiger charge is -2.37. The summed E-state index contributed by atoms with van der Waals surface area (Å²) in [6.45, 7) is 13.7. The number of aryl methyl sites for hydroxylation is 4. The van der Waals surface area contributed by atoms with Crippen molar-refractivity contribution in [3.8, 4) is 0 Å². The number of hydrogen-bond donors (Lipinski definition) is 1. The van der Waals surface area contributed by atoms with E-state index >= 15 is 0 Å². The highest BCUT2D eigenvalue weighted by Gasteiger charge is 2.31. The number of aromatic amines is 1. The molecule has 3 heterocycles. The van der Waals surface area contributed by atoms with Gasteiger partial charge < -0.3 is 9.80 Å². The summed E-state index contributed by atoms with van der Waals surface area (Å²) >= 11 is 0. The Balaban J connectivity index is 1.22. The lowest BCUT2D eigenvalue weighted by atomic mass is 10.1. The number of aromatic nitrogens is 2. The highest BCUT2D eigenvalue weighted by atomic mass is 32.2. The van der Waals surface area contributed by atoms with Gasteiger partial charge in [-0.25, -0.2) is 13.4 Å². The van der Waals surface area contributed by atoms with E-state index in [0.717, 1.165) is 48.6 Å². The summed E-state index contributed by atoms with van der Waals surface area (Å²) in [6, 6.07) is 13.9. The number of nitrogens with one attached hydrogen (secondary N) is 1. The zero-order valence-corrected chi connectivity index (χ0v) is 24.1. The van der Waals surface area contributed by atoms with Gasteiger partial charge in [0.1, 0.15) is 0 Å². The summed E-state index contributed by atoms with van der Waals surface area (Å²) in [7, 11) is -3.60. The van der Waals surface area contributed by atoms with Crippen LogP contribution < -0.4 is 15.4 Å². The summed E-state index contributed by atoms with van der Waals surface area (Å²) in [4.78, 5) is 27.3. The fourth-order valence-corrected chi connectivity index (χ4v) is 7.70. The van der Waals surface area contributed by atoms with Gasteiger partial charge in [0.2, 0.25) is 16.0 Å². The van der Waals surface area contributed by atoms with Gasteiger partial charge in [0, 0.05) is 70.7 Å². The highest BCUT2D eigenvalue weighted by molar-refractivity contribution is 7.89. The molecule has 0 spiro atoms.